The molecular weight excluding hydrogens is 627 g/mol. The summed E-state index contributed by atoms with van der Waals surface area (Å²) in [7, 11) is -3.13. The molecule has 2 heterocycles. The second-order valence-electron chi connectivity index (χ2n) is 11.5. The molecule has 0 radical (unpaired) electrons. The number of amides is 1. The number of rotatable bonds is 13. The molecule has 2 aromatic carbocycles. The third-order valence-corrected chi connectivity index (χ3v) is 9.19. The Kier molecular flexibility index (Phi) is 10.9. The minimum absolute atomic E-state index is 0.0972. The van der Waals surface area contributed by atoms with Gasteiger partial charge in [-0.3, -0.25) is 14.1 Å². The Morgan fingerprint density at radius 1 is 1.15 bits per heavy atom. The Balaban J connectivity index is 1.56. The molecule has 0 aliphatic carbocycles. The number of hydrogen-bond acceptors (Lipinski definition) is 10. The number of aliphatic hydroxyl groups excluding tert-OH is 1. The van der Waals surface area contributed by atoms with Gasteiger partial charge in [0.05, 0.1) is 12.7 Å². The molecule has 1 fully saturated rings. The van der Waals surface area contributed by atoms with Crippen LogP contribution in [0.1, 0.15) is 41.0 Å². The fourth-order valence-corrected chi connectivity index (χ4v) is 6.59. The minimum Gasteiger partial charge on any atom is -0.462 e. The van der Waals surface area contributed by atoms with Crippen molar-refractivity contribution in [1.82, 2.24) is 15.3 Å². The Morgan fingerprint density at radius 3 is 2.33 bits per heavy atom. The summed E-state index contributed by atoms with van der Waals surface area (Å²) in [6.07, 6.45) is -2.45. The van der Waals surface area contributed by atoms with Crippen molar-refractivity contribution in [2.75, 3.05) is 13.7 Å². The number of esters is 1. The van der Waals surface area contributed by atoms with Crippen molar-refractivity contribution >= 4 is 19.6 Å². The lowest BCUT2D eigenvalue weighted by Crippen LogP contribution is -2.66. The molecule has 4 rings (SSSR count). The highest BCUT2D eigenvalue weighted by molar-refractivity contribution is 7.52. The van der Waals surface area contributed by atoms with E-state index in [1.165, 1.54) is 49.4 Å². The van der Waals surface area contributed by atoms with E-state index in [2.05, 4.69) is 10.4 Å². The molecule has 15 heteroatoms. The number of halogens is 2. The van der Waals surface area contributed by atoms with Crippen LogP contribution in [0.3, 0.4) is 0 Å². The van der Waals surface area contributed by atoms with Gasteiger partial charge in [-0.2, -0.15) is 5.09 Å². The fourth-order valence-electron chi connectivity index (χ4n) is 5.00. The predicted molar refractivity (Wildman–Crippen MR) is 163 cm³/mol. The summed E-state index contributed by atoms with van der Waals surface area (Å²) in [6, 6.07) is 11.1. The zero-order chi connectivity index (χ0) is 33.9. The topological polar surface area (TPSA) is 145 Å². The molecule has 2 unspecified atom stereocenters. The number of aliphatic hydroxyl groups is 1. The van der Waals surface area contributed by atoms with E-state index in [0.717, 1.165) is 24.1 Å². The van der Waals surface area contributed by atoms with E-state index in [-0.39, 0.29) is 18.0 Å². The van der Waals surface area contributed by atoms with Crippen LogP contribution in [0.5, 0.6) is 5.75 Å². The van der Waals surface area contributed by atoms with Gasteiger partial charge in [-0.1, -0.05) is 31.2 Å². The molecular formula is C31H40F2N3O9P. The van der Waals surface area contributed by atoms with Gasteiger partial charge in [-0.15, -0.1) is 0 Å². The third kappa shape index (κ3) is 7.93. The Bertz CT molecular complexity index is 1460. The van der Waals surface area contributed by atoms with Gasteiger partial charge in [0, 0.05) is 26.3 Å². The van der Waals surface area contributed by atoms with Crippen molar-refractivity contribution in [3.63, 3.8) is 0 Å². The minimum atomic E-state index is -4.44. The molecule has 0 saturated carbocycles. The molecule has 12 nitrogen and oxygen atoms in total. The quantitative estimate of drug-likeness (QED) is 0.207. The molecule has 1 saturated heterocycles. The van der Waals surface area contributed by atoms with Crippen LogP contribution in [0.25, 0.3) is 11.1 Å². The summed E-state index contributed by atoms with van der Waals surface area (Å²) in [4.78, 5) is 26.0. The SMILES string of the molecule is CC[C@H](NP(=O)(OC[C@H]1O[C@@H](N2C=CC(=O)NC2(C)OC)[C@](C)(F)[C@@H]1O)Oc1ccc(-c2ccc(F)cc2)cc1)C(=O)OC(C)C. The van der Waals surface area contributed by atoms with Crippen LogP contribution in [-0.4, -0.2) is 77.7 Å². The van der Waals surface area contributed by atoms with E-state index >= 15 is 4.39 Å². The van der Waals surface area contributed by atoms with E-state index in [1.54, 1.807) is 45.0 Å². The van der Waals surface area contributed by atoms with E-state index in [1.807, 2.05) is 0 Å². The smallest absolute Gasteiger partial charge is 0.459 e. The van der Waals surface area contributed by atoms with Crippen LogP contribution >= 0.6 is 7.75 Å². The van der Waals surface area contributed by atoms with Crippen LogP contribution in [-0.2, 0) is 32.9 Å². The van der Waals surface area contributed by atoms with Crippen LogP contribution < -0.4 is 14.9 Å². The number of ether oxygens (including phenoxy) is 3. The van der Waals surface area contributed by atoms with Gasteiger partial charge in [0.15, 0.2) is 11.9 Å². The highest BCUT2D eigenvalue weighted by Crippen LogP contribution is 2.47. The number of carbonyl (C=O) groups excluding carboxylic acids is 2. The first-order valence-corrected chi connectivity index (χ1v) is 16.3. The fraction of sp³-hybridized carbons (Fsp3) is 0.484. The molecule has 1 amide bonds. The first kappa shape index (κ1) is 35.5. The maximum atomic E-state index is 16.1. The Labute approximate surface area is 266 Å². The number of hydrogen-bond donors (Lipinski definition) is 3. The Morgan fingerprint density at radius 2 is 1.76 bits per heavy atom. The van der Waals surface area contributed by atoms with Crippen molar-refractivity contribution in [3.05, 3.63) is 66.6 Å². The summed E-state index contributed by atoms with van der Waals surface area (Å²) < 4.78 is 71.7. The van der Waals surface area contributed by atoms with Crippen LogP contribution in [0.15, 0.2) is 60.8 Å². The largest absolute Gasteiger partial charge is 0.462 e. The summed E-state index contributed by atoms with van der Waals surface area (Å²) >= 11 is 0. The zero-order valence-electron chi connectivity index (χ0n) is 26.4. The average Bonchev–Trinajstić information content (AvgIpc) is 3.22. The average molecular weight is 668 g/mol. The van der Waals surface area contributed by atoms with Gasteiger partial charge in [-0.25, -0.2) is 13.3 Å². The van der Waals surface area contributed by atoms with Crippen LogP contribution in [0.2, 0.25) is 0 Å². The number of nitrogens with one attached hydrogen (secondary N) is 2. The van der Waals surface area contributed by atoms with Gasteiger partial charge in [-0.05, 0) is 62.6 Å². The molecule has 2 aliphatic heterocycles. The zero-order valence-corrected chi connectivity index (χ0v) is 27.3. The number of nitrogens with zero attached hydrogens (tertiary/aromatic N) is 1. The molecule has 0 aromatic heterocycles. The number of benzene rings is 2. The van der Waals surface area contributed by atoms with Crippen molar-refractivity contribution < 1.29 is 51.3 Å². The first-order chi connectivity index (χ1) is 21.6. The molecule has 2 aromatic rings. The predicted octanol–water partition coefficient (Wildman–Crippen LogP) is 4.40. The summed E-state index contributed by atoms with van der Waals surface area (Å²) in [6.45, 7) is 6.98. The molecule has 0 bridgehead atoms. The van der Waals surface area contributed by atoms with Crippen molar-refractivity contribution in [2.45, 2.75) is 83.1 Å². The molecule has 252 valence electrons. The molecule has 7 atom stereocenters. The van der Waals surface area contributed by atoms with Crippen molar-refractivity contribution in [2.24, 2.45) is 0 Å². The maximum Gasteiger partial charge on any atom is 0.459 e. The van der Waals surface area contributed by atoms with E-state index < -0.39 is 68.3 Å². The highest BCUT2D eigenvalue weighted by Gasteiger charge is 2.59. The lowest BCUT2D eigenvalue weighted by molar-refractivity contribution is -0.213. The summed E-state index contributed by atoms with van der Waals surface area (Å²) in [5, 5.41) is 16.2. The van der Waals surface area contributed by atoms with Gasteiger partial charge < -0.3 is 34.1 Å². The third-order valence-electron chi connectivity index (χ3n) is 7.63. The standard InChI is InChI=1S/C31H40F2N3O9P/c1-7-24(28(39)43-19(2)3)35-46(40,45-23-14-10-21(11-15-23)20-8-12-22(32)13-9-20)42-18-25-27(38)30(4,33)29(44-25)36-17-16-26(37)34-31(36,5)41-6/h8-17,19,24-25,27,29,38H,7,18H2,1-6H3,(H,34,37)(H,35,40)/t24-,25+,27+,29+,30+,31?,46?/m0/s1. The van der Waals surface area contributed by atoms with Gasteiger partial charge in [0.25, 0.3) is 0 Å². The van der Waals surface area contributed by atoms with Gasteiger partial charge in [0.1, 0.15) is 29.8 Å². The molecule has 2 aliphatic rings. The normalized spacial score (nSPS) is 28.1. The van der Waals surface area contributed by atoms with E-state index in [9.17, 15) is 23.7 Å². The summed E-state index contributed by atoms with van der Waals surface area (Å²) in [5.74, 6) is -2.96. The van der Waals surface area contributed by atoms with E-state index in [4.69, 9.17) is 23.3 Å². The highest BCUT2D eigenvalue weighted by atomic mass is 31.2. The van der Waals surface area contributed by atoms with Gasteiger partial charge >= 0.3 is 13.7 Å². The lowest BCUT2D eigenvalue weighted by Gasteiger charge is -2.46. The van der Waals surface area contributed by atoms with Crippen molar-refractivity contribution in [1.29, 1.82) is 0 Å². The monoisotopic (exact) mass is 667 g/mol. The number of carbonyl (C=O) groups is 2. The van der Waals surface area contributed by atoms with Crippen LogP contribution in [0, 0.1) is 5.82 Å². The second-order valence-corrected chi connectivity index (χ2v) is 13.2. The molecule has 3 N–H and O–H groups in total. The van der Waals surface area contributed by atoms with Gasteiger partial charge in [0.2, 0.25) is 11.8 Å². The number of alkyl halides is 1. The summed E-state index contributed by atoms with van der Waals surface area (Å²) in [5.41, 5.74) is -0.955. The first-order valence-electron chi connectivity index (χ1n) is 14.8. The molecule has 0 spiro atoms. The second kappa shape index (κ2) is 14.2. The van der Waals surface area contributed by atoms with E-state index in [0.29, 0.717) is 0 Å². The van der Waals surface area contributed by atoms with Crippen molar-refractivity contribution in [3.8, 4) is 16.9 Å². The Hall–Kier alpha value is -3.39. The molecule has 46 heavy (non-hydrogen) atoms. The maximum absolute atomic E-state index is 16.1. The lowest BCUT2D eigenvalue weighted by atomic mass is 9.97. The van der Waals surface area contributed by atoms with Crippen LogP contribution in [0.4, 0.5) is 8.78 Å². The number of methoxy groups -OCH3 is 1.